The molecule has 1 unspecified atom stereocenters. The molecule has 2 aromatic carbocycles. The van der Waals surface area contributed by atoms with Crippen molar-refractivity contribution in [3.63, 3.8) is 0 Å². The van der Waals surface area contributed by atoms with Crippen molar-refractivity contribution in [3.05, 3.63) is 57.8 Å². The predicted molar refractivity (Wildman–Crippen MR) is 112 cm³/mol. The van der Waals surface area contributed by atoms with Gasteiger partial charge in [-0.25, -0.2) is 4.79 Å². The number of urea groups is 1. The summed E-state index contributed by atoms with van der Waals surface area (Å²) in [6, 6.07) is 10.8. The summed E-state index contributed by atoms with van der Waals surface area (Å²) >= 11 is 3.45. The Morgan fingerprint density at radius 3 is 2.64 bits per heavy atom. The Kier molecular flexibility index (Phi) is 6.14. The van der Waals surface area contributed by atoms with Crippen molar-refractivity contribution in [3.8, 4) is 11.5 Å². The lowest BCUT2D eigenvalue weighted by atomic mass is 10.1. The number of methoxy groups -OCH3 is 2. The number of hydrogen-bond acceptors (Lipinski definition) is 4. The fraction of sp³-hybridized carbons (Fsp3) is 0.286. The third kappa shape index (κ3) is 4.25. The van der Waals surface area contributed by atoms with Crippen molar-refractivity contribution in [2.75, 3.05) is 14.2 Å². The minimum atomic E-state index is -0.277. The molecule has 0 bridgehead atoms. The van der Waals surface area contributed by atoms with Crippen molar-refractivity contribution in [2.24, 2.45) is 0 Å². The minimum absolute atomic E-state index is 0.267. The Bertz CT molecular complexity index is 999. The number of fused-ring (bicyclic) bond motifs is 1. The molecule has 0 aliphatic rings. The summed E-state index contributed by atoms with van der Waals surface area (Å²) in [5.74, 6) is 2.25. The van der Waals surface area contributed by atoms with Gasteiger partial charge in [0.25, 0.3) is 0 Å². The van der Waals surface area contributed by atoms with E-state index in [-0.39, 0.29) is 12.1 Å². The smallest absolute Gasteiger partial charge is 0.315 e. The van der Waals surface area contributed by atoms with Gasteiger partial charge >= 0.3 is 6.03 Å². The molecule has 148 valence electrons. The molecular formula is C21H23BrN2O4. The Labute approximate surface area is 172 Å². The monoisotopic (exact) mass is 446 g/mol. The highest BCUT2D eigenvalue weighted by atomic mass is 79.9. The molecule has 6 nitrogen and oxygen atoms in total. The van der Waals surface area contributed by atoms with Gasteiger partial charge in [-0.15, -0.1) is 0 Å². The Balaban J connectivity index is 1.65. The second kappa shape index (κ2) is 8.56. The molecule has 0 aliphatic heterocycles. The third-order valence-electron chi connectivity index (χ3n) is 4.59. The summed E-state index contributed by atoms with van der Waals surface area (Å²) in [5.41, 5.74) is 2.72. The first-order chi connectivity index (χ1) is 13.4. The molecule has 0 fully saturated rings. The fourth-order valence-electron chi connectivity index (χ4n) is 3.07. The molecule has 0 saturated heterocycles. The van der Waals surface area contributed by atoms with E-state index in [1.165, 1.54) is 0 Å². The van der Waals surface area contributed by atoms with Crippen LogP contribution in [0.4, 0.5) is 4.79 Å². The van der Waals surface area contributed by atoms with Gasteiger partial charge in [-0.3, -0.25) is 0 Å². The lowest BCUT2D eigenvalue weighted by Gasteiger charge is -2.14. The van der Waals surface area contributed by atoms with Crippen molar-refractivity contribution >= 4 is 32.9 Å². The lowest BCUT2D eigenvalue weighted by Crippen LogP contribution is -2.36. The zero-order valence-electron chi connectivity index (χ0n) is 16.3. The van der Waals surface area contributed by atoms with E-state index in [1.807, 2.05) is 50.2 Å². The van der Waals surface area contributed by atoms with Crippen LogP contribution in [0.3, 0.4) is 0 Å². The number of amides is 2. The molecule has 0 radical (unpaired) electrons. The van der Waals surface area contributed by atoms with E-state index in [2.05, 4.69) is 26.6 Å². The fourth-order valence-corrected chi connectivity index (χ4v) is 3.66. The lowest BCUT2D eigenvalue weighted by molar-refractivity contribution is 0.236. The quantitative estimate of drug-likeness (QED) is 0.553. The summed E-state index contributed by atoms with van der Waals surface area (Å²) in [6.07, 6.45) is 0. The Morgan fingerprint density at radius 2 is 1.96 bits per heavy atom. The maximum Gasteiger partial charge on any atom is 0.315 e. The van der Waals surface area contributed by atoms with E-state index in [0.717, 1.165) is 43.8 Å². The van der Waals surface area contributed by atoms with Crippen LogP contribution in [-0.4, -0.2) is 20.3 Å². The van der Waals surface area contributed by atoms with Gasteiger partial charge in [0.2, 0.25) is 0 Å². The molecule has 7 heteroatoms. The maximum absolute atomic E-state index is 12.3. The van der Waals surface area contributed by atoms with Crippen LogP contribution in [-0.2, 0) is 6.54 Å². The molecule has 0 saturated carbocycles. The highest BCUT2D eigenvalue weighted by Crippen LogP contribution is 2.32. The predicted octanol–water partition coefficient (Wildman–Crippen LogP) is 5.08. The summed E-state index contributed by atoms with van der Waals surface area (Å²) in [4.78, 5) is 12.3. The van der Waals surface area contributed by atoms with Crippen molar-refractivity contribution in [1.82, 2.24) is 10.6 Å². The SMILES string of the molecule is COc1ccc2oc(C(C)NC(=O)NCc3ccc(OC)c(Br)c3)c(C)c2c1. The van der Waals surface area contributed by atoms with Gasteiger partial charge in [-0.1, -0.05) is 6.07 Å². The Hall–Kier alpha value is -2.67. The van der Waals surface area contributed by atoms with Crippen LogP contribution in [0.15, 0.2) is 45.3 Å². The van der Waals surface area contributed by atoms with Crippen LogP contribution in [0.5, 0.6) is 11.5 Å². The molecule has 0 aliphatic carbocycles. The number of aryl methyl sites for hydroxylation is 1. The van der Waals surface area contributed by atoms with Gasteiger partial charge in [0.15, 0.2) is 0 Å². The molecule has 2 amide bonds. The molecule has 1 atom stereocenters. The average molecular weight is 447 g/mol. The second-order valence-electron chi connectivity index (χ2n) is 6.47. The number of halogens is 1. The highest BCUT2D eigenvalue weighted by molar-refractivity contribution is 9.10. The molecule has 3 rings (SSSR count). The van der Waals surface area contributed by atoms with Gasteiger partial charge in [-0.05, 0) is 65.7 Å². The molecule has 28 heavy (non-hydrogen) atoms. The average Bonchev–Trinajstić information content (AvgIpc) is 3.02. The Morgan fingerprint density at radius 1 is 1.18 bits per heavy atom. The van der Waals surface area contributed by atoms with Crippen molar-refractivity contribution < 1.29 is 18.7 Å². The summed E-state index contributed by atoms with van der Waals surface area (Å²) in [6.45, 7) is 4.27. The zero-order valence-corrected chi connectivity index (χ0v) is 17.8. The van der Waals surface area contributed by atoms with Gasteiger partial charge < -0.3 is 24.5 Å². The van der Waals surface area contributed by atoms with E-state index in [9.17, 15) is 4.79 Å². The molecule has 1 heterocycles. The van der Waals surface area contributed by atoms with Crippen LogP contribution in [0.25, 0.3) is 11.0 Å². The second-order valence-corrected chi connectivity index (χ2v) is 7.33. The first kappa shape index (κ1) is 20.1. The van der Waals surface area contributed by atoms with Crippen LogP contribution in [0.1, 0.15) is 29.9 Å². The molecular weight excluding hydrogens is 424 g/mol. The summed E-state index contributed by atoms with van der Waals surface area (Å²) < 4.78 is 17.3. The third-order valence-corrected chi connectivity index (χ3v) is 5.21. The van der Waals surface area contributed by atoms with Gasteiger partial charge in [0.05, 0.1) is 24.7 Å². The topological polar surface area (TPSA) is 72.7 Å². The van der Waals surface area contributed by atoms with Crippen molar-refractivity contribution in [2.45, 2.75) is 26.4 Å². The number of benzene rings is 2. The number of hydrogen-bond donors (Lipinski definition) is 2. The summed E-state index contributed by atoms with van der Waals surface area (Å²) in [5, 5.41) is 6.76. The molecule has 3 aromatic rings. The summed E-state index contributed by atoms with van der Waals surface area (Å²) in [7, 11) is 3.25. The van der Waals surface area contributed by atoms with Crippen LogP contribution in [0, 0.1) is 6.92 Å². The van der Waals surface area contributed by atoms with E-state index in [0.29, 0.717) is 6.54 Å². The minimum Gasteiger partial charge on any atom is -0.497 e. The van der Waals surface area contributed by atoms with Crippen molar-refractivity contribution in [1.29, 1.82) is 0 Å². The van der Waals surface area contributed by atoms with E-state index in [4.69, 9.17) is 13.9 Å². The largest absolute Gasteiger partial charge is 0.497 e. The number of carbonyl (C=O) groups is 1. The normalized spacial score (nSPS) is 11.9. The van der Waals surface area contributed by atoms with Gasteiger partial charge in [0.1, 0.15) is 22.8 Å². The highest BCUT2D eigenvalue weighted by Gasteiger charge is 2.19. The first-order valence-electron chi connectivity index (χ1n) is 8.86. The number of rotatable bonds is 6. The van der Waals surface area contributed by atoms with E-state index in [1.54, 1.807) is 14.2 Å². The van der Waals surface area contributed by atoms with Crippen LogP contribution >= 0.6 is 15.9 Å². The maximum atomic E-state index is 12.3. The number of carbonyl (C=O) groups excluding carboxylic acids is 1. The van der Waals surface area contributed by atoms with Crippen LogP contribution in [0.2, 0.25) is 0 Å². The standard InChI is InChI=1S/C21H23BrN2O4/c1-12-16-10-15(26-3)6-8-18(16)28-20(12)13(2)24-21(25)23-11-14-5-7-19(27-4)17(22)9-14/h5-10,13H,11H2,1-4H3,(H2,23,24,25). The molecule has 0 spiro atoms. The number of furan rings is 1. The van der Waals surface area contributed by atoms with E-state index < -0.39 is 0 Å². The molecule has 1 aromatic heterocycles. The van der Waals surface area contributed by atoms with E-state index >= 15 is 0 Å². The van der Waals surface area contributed by atoms with Crippen LogP contribution < -0.4 is 20.1 Å². The van der Waals surface area contributed by atoms with Gasteiger partial charge in [-0.2, -0.15) is 0 Å². The number of ether oxygens (including phenoxy) is 2. The number of nitrogens with one attached hydrogen (secondary N) is 2. The first-order valence-corrected chi connectivity index (χ1v) is 9.66. The van der Waals surface area contributed by atoms with Gasteiger partial charge in [0, 0.05) is 17.5 Å². The zero-order chi connectivity index (χ0) is 20.3. The molecule has 2 N–H and O–H groups in total.